The lowest BCUT2D eigenvalue weighted by Gasteiger charge is -2.14. The van der Waals surface area contributed by atoms with Gasteiger partial charge >= 0.3 is 0 Å². The van der Waals surface area contributed by atoms with Crippen LogP contribution in [0.4, 0.5) is 23.5 Å². The number of ether oxygens (including phenoxy) is 1. The van der Waals surface area contributed by atoms with Gasteiger partial charge in [-0.25, -0.2) is 27.5 Å². The van der Waals surface area contributed by atoms with Crippen LogP contribution >= 0.6 is 0 Å². The summed E-state index contributed by atoms with van der Waals surface area (Å²) in [5.41, 5.74) is 7.01. The summed E-state index contributed by atoms with van der Waals surface area (Å²) in [6.45, 7) is 0. The molecule has 0 radical (unpaired) electrons. The summed E-state index contributed by atoms with van der Waals surface area (Å²) in [4.78, 5) is 32.4. The van der Waals surface area contributed by atoms with E-state index in [0.717, 1.165) is 11.6 Å². The zero-order chi connectivity index (χ0) is 29.3. The van der Waals surface area contributed by atoms with E-state index in [0.29, 0.717) is 10.1 Å². The van der Waals surface area contributed by atoms with Crippen molar-refractivity contribution in [1.29, 1.82) is 0 Å². The standard InChI is InChI=1S/C27H21F4N7O3/c1-37-13-16(12-34-37)15-5-6-20-19(11-15)35-27(38(20)24(31)23(29)30)36-22(39)10-14-4-7-21(18(28)9-14)41-26-17(25(32)40)3-2-8-33-26/h2-9,11-13,23-24H,10H2,1H3,(H2,32,40)(H,35,36,39). The number of nitrogens with two attached hydrogens (primary N) is 1. The molecule has 0 saturated carbocycles. The van der Waals surface area contributed by atoms with Crippen molar-refractivity contribution < 1.29 is 31.9 Å². The number of benzene rings is 2. The second-order valence-corrected chi connectivity index (χ2v) is 8.93. The summed E-state index contributed by atoms with van der Waals surface area (Å²) < 4.78 is 63.8. The van der Waals surface area contributed by atoms with Gasteiger partial charge in [-0.15, -0.1) is 0 Å². The molecule has 210 valence electrons. The highest BCUT2D eigenvalue weighted by Crippen LogP contribution is 2.32. The van der Waals surface area contributed by atoms with E-state index in [1.807, 2.05) is 0 Å². The number of rotatable bonds is 9. The molecule has 10 nitrogen and oxygen atoms in total. The molecule has 3 heterocycles. The Kier molecular flexibility index (Phi) is 7.38. The molecule has 0 aliphatic carbocycles. The minimum atomic E-state index is -3.39. The van der Waals surface area contributed by atoms with Crippen LogP contribution in [0.2, 0.25) is 0 Å². The fraction of sp³-hybridized carbons (Fsp3) is 0.148. The lowest BCUT2D eigenvalue weighted by Crippen LogP contribution is -2.21. The van der Waals surface area contributed by atoms with E-state index in [1.165, 1.54) is 36.5 Å². The molecule has 3 N–H and O–H groups in total. The van der Waals surface area contributed by atoms with Gasteiger partial charge < -0.3 is 10.5 Å². The Hall–Kier alpha value is -5.27. The van der Waals surface area contributed by atoms with Crippen molar-refractivity contribution in [1.82, 2.24) is 24.3 Å². The van der Waals surface area contributed by atoms with Crippen molar-refractivity contribution in [3.63, 3.8) is 0 Å². The summed E-state index contributed by atoms with van der Waals surface area (Å²) in [7, 11) is 1.73. The second kappa shape index (κ2) is 11.1. The highest BCUT2D eigenvalue weighted by Gasteiger charge is 2.28. The number of primary amides is 1. The number of anilines is 1. The van der Waals surface area contributed by atoms with Gasteiger partial charge in [-0.1, -0.05) is 12.1 Å². The number of amides is 2. The maximum absolute atomic E-state index is 14.8. The summed E-state index contributed by atoms with van der Waals surface area (Å²) in [6.07, 6.45) is -1.91. The van der Waals surface area contributed by atoms with Crippen LogP contribution in [0.3, 0.4) is 0 Å². The van der Waals surface area contributed by atoms with Crippen LogP contribution in [-0.2, 0) is 18.3 Å². The maximum atomic E-state index is 14.8. The zero-order valence-corrected chi connectivity index (χ0v) is 21.3. The third kappa shape index (κ3) is 5.71. The lowest BCUT2D eigenvalue weighted by atomic mass is 10.1. The van der Waals surface area contributed by atoms with Gasteiger partial charge in [0.15, 0.2) is 11.6 Å². The van der Waals surface area contributed by atoms with E-state index >= 15 is 0 Å². The quantitative estimate of drug-likeness (QED) is 0.247. The number of hydrogen-bond acceptors (Lipinski definition) is 6. The molecule has 2 amide bonds. The van der Waals surface area contributed by atoms with Crippen LogP contribution in [0.15, 0.2) is 67.1 Å². The second-order valence-electron chi connectivity index (χ2n) is 8.93. The van der Waals surface area contributed by atoms with E-state index in [4.69, 9.17) is 10.5 Å². The maximum Gasteiger partial charge on any atom is 0.288 e. The smallest absolute Gasteiger partial charge is 0.288 e. The summed E-state index contributed by atoms with van der Waals surface area (Å²) >= 11 is 0. The molecule has 0 spiro atoms. The van der Waals surface area contributed by atoms with Gasteiger partial charge in [0.2, 0.25) is 24.0 Å². The first kappa shape index (κ1) is 27.3. The fourth-order valence-electron chi connectivity index (χ4n) is 4.15. The van der Waals surface area contributed by atoms with Gasteiger partial charge in [0.1, 0.15) is 5.56 Å². The van der Waals surface area contributed by atoms with Gasteiger partial charge in [-0.05, 0) is 47.5 Å². The topological polar surface area (TPSA) is 130 Å². The number of aromatic nitrogens is 5. The molecule has 1 atom stereocenters. The number of carbonyl (C=O) groups is 2. The number of halogens is 4. The predicted octanol–water partition coefficient (Wildman–Crippen LogP) is 4.78. The molecule has 0 aliphatic heterocycles. The molecule has 0 fully saturated rings. The molecule has 41 heavy (non-hydrogen) atoms. The Labute approximate surface area is 229 Å². The summed E-state index contributed by atoms with van der Waals surface area (Å²) in [6, 6.07) is 11.0. The minimum absolute atomic E-state index is 0.0399. The average molecular weight is 568 g/mol. The van der Waals surface area contributed by atoms with Crippen LogP contribution in [0.25, 0.3) is 22.2 Å². The summed E-state index contributed by atoms with van der Waals surface area (Å²) in [5, 5.41) is 6.44. The zero-order valence-electron chi connectivity index (χ0n) is 21.3. The lowest BCUT2D eigenvalue weighted by molar-refractivity contribution is -0.115. The van der Waals surface area contributed by atoms with Gasteiger partial charge in [-0.2, -0.15) is 5.10 Å². The highest BCUT2D eigenvalue weighted by molar-refractivity contribution is 5.95. The van der Waals surface area contributed by atoms with Crippen molar-refractivity contribution in [2.45, 2.75) is 19.1 Å². The molecule has 2 aromatic carbocycles. The van der Waals surface area contributed by atoms with E-state index in [-0.39, 0.29) is 33.8 Å². The third-order valence-corrected chi connectivity index (χ3v) is 6.04. The normalized spacial score (nSPS) is 12.0. The predicted molar refractivity (Wildman–Crippen MR) is 140 cm³/mol. The Morgan fingerprint density at radius 3 is 2.59 bits per heavy atom. The van der Waals surface area contributed by atoms with Gasteiger partial charge in [0.05, 0.1) is 23.7 Å². The Bertz CT molecular complexity index is 1770. The molecular formula is C27H21F4N7O3. The first-order chi connectivity index (χ1) is 19.6. The first-order valence-electron chi connectivity index (χ1n) is 12.0. The minimum Gasteiger partial charge on any atom is -0.435 e. The molecule has 0 bridgehead atoms. The van der Waals surface area contributed by atoms with Crippen LogP contribution in [0.1, 0.15) is 22.2 Å². The third-order valence-electron chi connectivity index (χ3n) is 6.04. The highest BCUT2D eigenvalue weighted by atomic mass is 19.3. The number of pyridine rings is 1. The monoisotopic (exact) mass is 567 g/mol. The SMILES string of the molecule is Cn1cc(-c2ccc3c(c2)nc(NC(=O)Cc2ccc(Oc4ncccc4C(N)=O)c(F)c2)n3C(F)C(F)F)cn1. The largest absolute Gasteiger partial charge is 0.435 e. The van der Waals surface area contributed by atoms with Crippen molar-refractivity contribution in [2.75, 3.05) is 5.32 Å². The van der Waals surface area contributed by atoms with Crippen molar-refractivity contribution >= 4 is 28.8 Å². The Morgan fingerprint density at radius 2 is 1.90 bits per heavy atom. The van der Waals surface area contributed by atoms with Gasteiger partial charge in [0, 0.05) is 25.0 Å². The van der Waals surface area contributed by atoms with Crippen molar-refractivity contribution in [2.24, 2.45) is 12.8 Å². The number of hydrogen-bond donors (Lipinski definition) is 2. The van der Waals surface area contributed by atoms with Crippen molar-refractivity contribution in [3.8, 4) is 22.8 Å². The molecular weight excluding hydrogens is 546 g/mol. The van der Waals surface area contributed by atoms with Gasteiger partial charge in [-0.3, -0.25) is 24.2 Å². The van der Waals surface area contributed by atoms with Crippen molar-refractivity contribution in [3.05, 3.63) is 84.1 Å². The fourth-order valence-corrected chi connectivity index (χ4v) is 4.15. The average Bonchev–Trinajstić information content (AvgIpc) is 3.52. The molecule has 0 saturated heterocycles. The van der Waals surface area contributed by atoms with E-state index in [9.17, 15) is 27.2 Å². The van der Waals surface area contributed by atoms with Gasteiger partial charge in [0.25, 0.3) is 12.3 Å². The first-order valence-corrected chi connectivity index (χ1v) is 12.0. The van der Waals surface area contributed by atoms with Crippen LogP contribution in [0.5, 0.6) is 11.6 Å². The molecule has 14 heteroatoms. The summed E-state index contributed by atoms with van der Waals surface area (Å²) in [5.74, 6) is -3.36. The number of aryl methyl sites for hydroxylation is 1. The number of fused-ring (bicyclic) bond motifs is 1. The molecule has 0 aliphatic rings. The number of imidazole rings is 1. The van der Waals surface area contributed by atoms with E-state index in [2.05, 4.69) is 20.4 Å². The number of alkyl halides is 3. The Balaban J connectivity index is 1.37. The number of nitrogens with one attached hydrogen (secondary N) is 1. The van der Waals surface area contributed by atoms with Crippen LogP contribution in [0, 0.1) is 5.82 Å². The van der Waals surface area contributed by atoms with Crippen LogP contribution < -0.4 is 15.8 Å². The molecule has 1 unspecified atom stereocenters. The Morgan fingerprint density at radius 1 is 1.10 bits per heavy atom. The van der Waals surface area contributed by atoms with E-state index in [1.54, 1.807) is 36.3 Å². The number of nitrogens with zero attached hydrogens (tertiary/aromatic N) is 5. The molecule has 3 aromatic heterocycles. The molecule has 5 rings (SSSR count). The number of carbonyl (C=O) groups excluding carboxylic acids is 2. The molecule has 5 aromatic rings. The van der Waals surface area contributed by atoms with E-state index < -0.39 is 42.7 Å². The van der Waals surface area contributed by atoms with Crippen LogP contribution in [-0.4, -0.2) is 42.6 Å².